The lowest BCUT2D eigenvalue weighted by Crippen LogP contribution is -2.27. The Morgan fingerprint density at radius 3 is 3.00 bits per heavy atom. The summed E-state index contributed by atoms with van der Waals surface area (Å²) in [5, 5.41) is 0.104. The van der Waals surface area contributed by atoms with Gasteiger partial charge in [-0.15, -0.1) is 0 Å². The van der Waals surface area contributed by atoms with Gasteiger partial charge in [-0.1, -0.05) is 0 Å². The van der Waals surface area contributed by atoms with Crippen LogP contribution in [-0.2, 0) is 4.74 Å². The fourth-order valence-corrected chi connectivity index (χ4v) is 2.96. The molecular formula is C15H13BrFNO4. The molecular weight excluding hydrogens is 357 g/mol. The van der Waals surface area contributed by atoms with Crippen molar-refractivity contribution < 1.29 is 18.7 Å². The second-order valence-corrected chi connectivity index (χ2v) is 5.85. The minimum Gasteiger partial charge on any atom is -0.488 e. The summed E-state index contributed by atoms with van der Waals surface area (Å²) in [4.78, 5) is 24.5. The van der Waals surface area contributed by atoms with Crippen LogP contribution in [0.15, 0.2) is 21.5 Å². The van der Waals surface area contributed by atoms with Crippen LogP contribution in [0.1, 0.15) is 30.2 Å². The predicted octanol–water partition coefficient (Wildman–Crippen LogP) is 3.03. The Morgan fingerprint density at radius 1 is 1.59 bits per heavy atom. The molecule has 7 heteroatoms. The van der Waals surface area contributed by atoms with Gasteiger partial charge in [0, 0.05) is 6.20 Å². The van der Waals surface area contributed by atoms with Gasteiger partial charge in [0.05, 0.1) is 28.0 Å². The van der Waals surface area contributed by atoms with Gasteiger partial charge in [0.15, 0.2) is 5.75 Å². The van der Waals surface area contributed by atoms with Gasteiger partial charge >= 0.3 is 5.97 Å². The Balaban J connectivity index is 2.42. The SMILES string of the molecule is CCOC(=O)c1cn2c3c(c(Br)c(F)cc3c1=O)OC[C@@H]2C. The van der Waals surface area contributed by atoms with Crippen molar-refractivity contribution in [2.75, 3.05) is 13.2 Å². The molecule has 2 aromatic rings. The third-order valence-corrected chi connectivity index (χ3v) is 4.34. The maximum atomic E-state index is 14.0. The van der Waals surface area contributed by atoms with E-state index in [2.05, 4.69) is 15.9 Å². The largest absolute Gasteiger partial charge is 0.488 e. The Hall–Kier alpha value is -1.89. The van der Waals surface area contributed by atoms with Gasteiger partial charge in [-0.2, -0.15) is 0 Å². The Kier molecular flexibility index (Phi) is 3.68. The normalized spacial score (nSPS) is 16.5. The zero-order valence-corrected chi connectivity index (χ0v) is 13.6. The Bertz CT molecular complexity index is 846. The van der Waals surface area contributed by atoms with E-state index in [0.29, 0.717) is 12.1 Å². The number of carbonyl (C=O) groups is 1. The molecule has 0 radical (unpaired) electrons. The van der Waals surface area contributed by atoms with Crippen LogP contribution in [0.2, 0.25) is 0 Å². The van der Waals surface area contributed by atoms with Gasteiger partial charge in [0.1, 0.15) is 18.0 Å². The molecule has 1 aromatic heterocycles. The van der Waals surface area contributed by atoms with E-state index >= 15 is 0 Å². The van der Waals surface area contributed by atoms with Gasteiger partial charge in [-0.25, -0.2) is 9.18 Å². The van der Waals surface area contributed by atoms with Gasteiger partial charge in [-0.3, -0.25) is 4.79 Å². The summed E-state index contributed by atoms with van der Waals surface area (Å²) in [5.41, 5.74) is -0.184. The number of carbonyl (C=O) groups excluding carboxylic acids is 1. The van der Waals surface area contributed by atoms with Crippen LogP contribution < -0.4 is 10.2 Å². The number of rotatable bonds is 2. The third kappa shape index (κ3) is 2.11. The second kappa shape index (κ2) is 5.39. The first-order chi connectivity index (χ1) is 10.5. The molecule has 1 atom stereocenters. The van der Waals surface area contributed by atoms with Crippen molar-refractivity contribution in [3.8, 4) is 5.75 Å². The zero-order valence-electron chi connectivity index (χ0n) is 12.0. The first-order valence-electron chi connectivity index (χ1n) is 6.82. The third-order valence-electron chi connectivity index (χ3n) is 3.61. The van der Waals surface area contributed by atoms with E-state index in [9.17, 15) is 14.0 Å². The van der Waals surface area contributed by atoms with E-state index in [0.717, 1.165) is 6.07 Å². The highest BCUT2D eigenvalue weighted by atomic mass is 79.9. The number of nitrogens with zero attached hydrogens (tertiary/aromatic N) is 1. The molecule has 0 unspecified atom stereocenters. The summed E-state index contributed by atoms with van der Waals surface area (Å²) >= 11 is 3.14. The molecule has 1 aliphatic heterocycles. The number of pyridine rings is 1. The highest BCUT2D eigenvalue weighted by Gasteiger charge is 2.27. The van der Waals surface area contributed by atoms with Crippen molar-refractivity contribution >= 4 is 32.8 Å². The first kappa shape index (κ1) is 15.0. The Morgan fingerprint density at radius 2 is 2.32 bits per heavy atom. The molecule has 116 valence electrons. The van der Waals surface area contributed by atoms with E-state index in [1.54, 1.807) is 11.5 Å². The van der Waals surface area contributed by atoms with Crippen LogP contribution in [0, 0.1) is 5.82 Å². The number of ether oxygens (including phenoxy) is 2. The molecule has 0 fully saturated rings. The molecule has 0 bridgehead atoms. The number of halogens is 2. The summed E-state index contributed by atoms with van der Waals surface area (Å²) in [5.74, 6) is -1.04. The van der Waals surface area contributed by atoms with Crippen molar-refractivity contribution in [1.82, 2.24) is 4.57 Å². The minimum absolute atomic E-state index is 0.0962. The summed E-state index contributed by atoms with van der Waals surface area (Å²) < 4.78 is 26.4. The first-order valence-corrected chi connectivity index (χ1v) is 7.61. The highest BCUT2D eigenvalue weighted by Crippen LogP contribution is 2.39. The number of esters is 1. The predicted molar refractivity (Wildman–Crippen MR) is 82.0 cm³/mol. The molecule has 0 aliphatic carbocycles. The van der Waals surface area contributed by atoms with Crippen molar-refractivity contribution in [1.29, 1.82) is 0 Å². The molecule has 22 heavy (non-hydrogen) atoms. The van der Waals surface area contributed by atoms with Crippen molar-refractivity contribution in [3.05, 3.63) is 38.3 Å². The fourth-order valence-electron chi connectivity index (χ4n) is 2.55. The average molecular weight is 370 g/mol. The van der Waals surface area contributed by atoms with E-state index in [-0.39, 0.29) is 33.8 Å². The van der Waals surface area contributed by atoms with Crippen LogP contribution >= 0.6 is 15.9 Å². The number of aromatic nitrogens is 1. The minimum atomic E-state index is -0.707. The monoisotopic (exact) mass is 369 g/mol. The smallest absolute Gasteiger partial charge is 0.343 e. The molecule has 0 spiro atoms. The standard InChI is InChI=1S/C15H13BrFNO4/c1-3-21-15(20)9-5-18-7(2)6-22-14-11(16)10(17)4-8(12(14)18)13(9)19/h4-5,7H,3,6H2,1-2H3/t7-/m0/s1. The van der Waals surface area contributed by atoms with Crippen LogP contribution in [0.3, 0.4) is 0 Å². The fraction of sp³-hybridized carbons (Fsp3) is 0.333. The van der Waals surface area contributed by atoms with Crippen molar-refractivity contribution in [3.63, 3.8) is 0 Å². The lowest BCUT2D eigenvalue weighted by Gasteiger charge is -2.27. The molecule has 2 heterocycles. The lowest BCUT2D eigenvalue weighted by atomic mass is 10.1. The second-order valence-electron chi connectivity index (χ2n) is 5.06. The summed E-state index contributed by atoms with van der Waals surface area (Å²) in [6, 6.07) is 1.02. The van der Waals surface area contributed by atoms with Gasteiger partial charge < -0.3 is 14.0 Å². The molecule has 1 aromatic carbocycles. The van der Waals surface area contributed by atoms with Crippen LogP contribution in [-0.4, -0.2) is 23.8 Å². The summed E-state index contributed by atoms with van der Waals surface area (Å²) in [7, 11) is 0. The maximum Gasteiger partial charge on any atom is 0.343 e. The molecule has 0 N–H and O–H groups in total. The van der Waals surface area contributed by atoms with E-state index in [4.69, 9.17) is 9.47 Å². The van der Waals surface area contributed by atoms with Crippen LogP contribution in [0.5, 0.6) is 5.75 Å². The van der Waals surface area contributed by atoms with Gasteiger partial charge in [0.2, 0.25) is 5.43 Å². The van der Waals surface area contributed by atoms with Crippen molar-refractivity contribution in [2.24, 2.45) is 0 Å². The number of hydrogen-bond donors (Lipinski definition) is 0. The molecule has 1 aliphatic rings. The molecule has 3 rings (SSSR count). The molecule has 0 saturated carbocycles. The molecule has 0 amide bonds. The quantitative estimate of drug-likeness (QED) is 0.763. The lowest BCUT2D eigenvalue weighted by molar-refractivity contribution is 0.0523. The molecule has 5 nitrogen and oxygen atoms in total. The van der Waals surface area contributed by atoms with Gasteiger partial charge in [0.25, 0.3) is 0 Å². The van der Waals surface area contributed by atoms with Gasteiger partial charge in [-0.05, 0) is 35.8 Å². The summed E-state index contributed by atoms with van der Waals surface area (Å²) in [6.07, 6.45) is 1.46. The maximum absolute atomic E-state index is 14.0. The number of benzene rings is 1. The average Bonchev–Trinajstić information content (AvgIpc) is 2.48. The number of hydrogen-bond acceptors (Lipinski definition) is 4. The van der Waals surface area contributed by atoms with Crippen molar-refractivity contribution in [2.45, 2.75) is 19.9 Å². The van der Waals surface area contributed by atoms with E-state index in [1.807, 2.05) is 6.92 Å². The van der Waals surface area contributed by atoms with Crippen LogP contribution in [0.25, 0.3) is 10.9 Å². The molecule has 0 saturated heterocycles. The topological polar surface area (TPSA) is 57.5 Å². The van der Waals surface area contributed by atoms with Crippen LogP contribution in [0.4, 0.5) is 4.39 Å². The zero-order chi connectivity index (χ0) is 16.0. The van der Waals surface area contributed by atoms with E-state index in [1.165, 1.54) is 6.20 Å². The summed E-state index contributed by atoms with van der Waals surface area (Å²) in [6.45, 7) is 4.02. The Labute approximate surface area is 133 Å². The highest BCUT2D eigenvalue weighted by molar-refractivity contribution is 9.10. The van der Waals surface area contributed by atoms with E-state index < -0.39 is 17.2 Å².